The van der Waals surface area contributed by atoms with Gasteiger partial charge >= 0.3 is 6.09 Å². The average Bonchev–Trinajstić information content (AvgIpc) is 2.76. The number of halogens is 4. The van der Waals surface area contributed by atoms with Crippen LogP contribution >= 0.6 is 31.9 Å². The molecule has 1 fully saturated rings. The van der Waals surface area contributed by atoms with E-state index in [0.29, 0.717) is 17.7 Å². The lowest BCUT2D eigenvalue weighted by Crippen LogP contribution is -2.49. The third kappa shape index (κ3) is 7.99. The summed E-state index contributed by atoms with van der Waals surface area (Å²) in [5, 5.41) is 0. The summed E-state index contributed by atoms with van der Waals surface area (Å²) in [4.78, 5) is 29.0. The second kappa shape index (κ2) is 11.8. The topological polar surface area (TPSA) is 49.9 Å². The molecule has 1 aliphatic heterocycles. The van der Waals surface area contributed by atoms with Gasteiger partial charge in [0.1, 0.15) is 17.1 Å². The molecule has 9 heteroatoms. The Hall–Kier alpha value is -2.00. The van der Waals surface area contributed by atoms with Crippen molar-refractivity contribution in [2.75, 3.05) is 20.1 Å². The van der Waals surface area contributed by atoms with Crippen LogP contribution in [0.4, 0.5) is 13.6 Å². The highest BCUT2D eigenvalue weighted by atomic mass is 79.9. The maximum atomic E-state index is 16.7. The van der Waals surface area contributed by atoms with E-state index < -0.39 is 29.1 Å². The van der Waals surface area contributed by atoms with E-state index in [9.17, 15) is 14.0 Å². The van der Waals surface area contributed by atoms with E-state index in [1.807, 2.05) is 18.2 Å². The van der Waals surface area contributed by atoms with Gasteiger partial charge in [0, 0.05) is 48.0 Å². The Balaban J connectivity index is 1.81. The van der Waals surface area contributed by atoms with Crippen molar-refractivity contribution in [3.8, 4) is 0 Å². The maximum Gasteiger partial charge on any atom is 0.410 e. The molecule has 0 spiro atoms. The van der Waals surface area contributed by atoms with Crippen molar-refractivity contribution in [3.05, 3.63) is 67.9 Å². The molecule has 1 saturated heterocycles. The van der Waals surface area contributed by atoms with E-state index in [0.717, 1.165) is 14.5 Å². The van der Waals surface area contributed by atoms with Crippen LogP contribution in [0.3, 0.4) is 0 Å². The molecule has 37 heavy (non-hydrogen) atoms. The predicted molar refractivity (Wildman–Crippen MR) is 148 cm³/mol. The molecule has 0 radical (unpaired) electrons. The highest BCUT2D eigenvalue weighted by Gasteiger charge is 2.45. The molecule has 2 amide bonds. The van der Waals surface area contributed by atoms with Gasteiger partial charge < -0.3 is 14.5 Å². The van der Waals surface area contributed by atoms with Gasteiger partial charge in [-0.2, -0.15) is 0 Å². The number of benzene rings is 2. The van der Waals surface area contributed by atoms with Crippen LogP contribution < -0.4 is 0 Å². The molecule has 5 nitrogen and oxygen atoms in total. The second-order valence-corrected chi connectivity index (χ2v) is 12.6. The SMILES string of the molecule is Cc1cc(F)ccc1C(CC(=O)N(C)Cc1cc(Br)cc(Br)c1)C1(F)CCN(C(=O)OC(C)(C)C)CC1. The van der Waals surface area contributed by atoms with Crippen LogP contribution in [-0.4, -0.2) is 53.2 Å². The number of alkyl halides is 1. The van der Waals surface area contributed by atoms with Gasteiger partial charge in [0.05, 0.1) is 0 Å². The Bertz CT molecular complexity index is 1120. The summed E-state index contributed by atoms with van der Waals surface area (Å²) in [6.45, 7) is 7.82. The van der Waals surface area contributed by atoms with Crippen LogP contribution in [0.1, 0.15) is 62.6 Å². The average molecular weight is 644 g/mol. The van der Waals surface area contributed by atoms with Crippen LogP contribution in [0, 0.1) is 12.7 Å². The molecule has 0 aromatic heterocycles. The van der Waals surface area contributed by atoms with Gasteiger partial charge in [0.15, 0.2) is 0 Å². The van der Waals surface area contributed by atoms with E-state index >= 15 is 4.39 Å². The van der Waals surface area contributed by atoms with E-state index in [1.165, 1.54) is 17.0 Å². The van der Waals surface area contributed by atoms with Crippen molar-refractivity contribution in [1.82, 2.24) is 9.80 Å². The second-order valence-electron chi connectivity index (χ2n) is 10.8. The number of carbonyl (C=O) groups excluding carboxylic acids is 2. The van der Waals surface area contributed by atoms with Gasteiger partial charge in [-0.3, -0.25) is 4.79 Å². The van der Waals surface area contributed by atoms with Gasteiger partial charge in [0.25, 0.3) is 0 Å². The minimum atomic E-state index is -1.74. The first-order valence-electron chi connectivity index (χ1n) is 12.3. The van der Waals surface area contributed by atoms with Crippen molar-refractivity contribution < 1.29 is 23.1 Å². The van der Waals surface area contributed by atoms with Gasteiger partial charge in [-0.15, -0.1) is 0 Å². The Kier molecular flexibility index (Phi) is 9.43. The number of nitrogens with zero attached hydrogens (tertiary/aromatic N) is 2. The van der Waals surface area contributed by atoms with Crippen LogP contribution in [0.5, 0.6) is 0 Å². The number of hydrogen-bond donors (Lipinski definition) is 0. The van der Waals surface area contributed by atoms with E-state index in [2.05, 4.69) is 31.9 Å². The third-order valence-corrected chi connectivity index (χ3v) is 7.54. The van der Waals surface area contributed by atoms with Crippen LogP contribution in [0.2, 0.25) is 0 Å². The molecular weight excluding hydrogens is 610 g/mol. The van der Waals surface area contributed by atoms with Crippen molar-refractivity contribution in [3.63, 3.8) is 0 Å². The van der Waals surface area contributed by atoms with E-state index in [1.54, 1.807) is 45.7 Å². The Labute approximate surface area is 234 Å². The molecule has 0 N–H and O–H groups in total. The highest BCUT2D eigenvalue weighted by Crippen LogP contribution is 2.44. The maximum absolute atomic E-state index is 16.7. The summed E-state index contributed by atoms with van der Waals surface area (Å²) in [6.07, 6.45) is -0.423. The minimum absolute atomic E-state index is 0.0588. The molecule has 1 heterocycles. The van der Waals surface area contributed by atoms with Crippen molar-refractivity contribution >= 4 is 43.9 Å². The van der Waals surface area contributed by atoms with Crippen molar-refractivity contribution in [2.24, 2.45) is 0 Å². The number of ether oxygens (including phenoxy) is 1. The number of piperidine rings is 1. The van der Waals surface area contributed by atoms with Gasteiger partial charge in [0.2, 0.25) is 5.91 Å². The monoisotopic (exact) mass is 642 g/mol. The largest absolute Gasteiger partial charge is 0.444 e. The van der Waals surface area contributed by atoms with E-state index in [4.69, 9.17) is 4.74 Å². The number of aryl methyl sites for hydroxylation is 1. The first-order chi connectivity index (χ1) is 17.2. The molecule has 3 rings (SSSR count). The van der Waals surface area contributed by atoms with Gasteiger partial charge in [-0.05, 0) is 87.6 Å². The van der Waals surface area contributed by atoms with Gasteiger partial charge in [-0.1, -0.05) is 37.9 Å². The number of rotatable bonds is 6. The first-order valence-corrected chi connectivity index (χ1v) is 13.9. The molecule has 2 aromatic carbocycles. The fourth-order valence-electron chi connectivity index (χ4n) is 4.73. The zero-order chi connectivity index (χ0) is 27.5. The molecule has 202 valence electrons. The zero-order valence-electron chi connectivity index (χ0n) is 21.9. The zero-order valence-corrected chi connectivity index (χ0v) is 25.1. The summed E-state index contributed by atoms with van der Waals surface area (Å²) >= 11 is 6.93. The summed E-state index contributed by atoms with van der Waals surface area (Å²) in [7, 11) is 1.70. The normalized spacial score (nSPS) is 16.3. The first kappa shape index (κ1) is 29.6. The predicted octanol–water partition coefficient (Wildman–Crippen LogP) is 7.53. The van der Waals surface area contributed by atoms with Crippen LogP contribution in [0.25, 0.3) is 0 Å². The summed E-state index contributed by atoms with van der Waals surface area (Å²) in [5.74, 6) is -1.40. The Morgan fingerprint density at radius 2 is 1.70 bits per heavy atom. The lowest BCUT2D eigenvalue weighted by molar-refractivity contribution is -0.132. The fourth-order valence-corrected chi connectivity index (χ4v) is 6.12. The molecule has 1 atom stereocenters. The molecule has 1 unspecified atom stereocenters. The lowest BCUT2D eigenvalue weighted by Gasteiger charge is -2.42. The summed E-state index contributed by atoms with van der Waals surface area (Å²) in [6, 6.07) is 10.0. The number of carbonyl (C=O) groups is 2. The summed E-state index contributed by atoms with van der Waals surface area (Å²) < 4.78 is 37.8. The molecular formula is C28H34Br2F2N2O3. The lowest BCUT2D eigenvalue weighted by atomic mass is 9.74. The van der Waals surface area contributed by atoms with Crippen molar-refractivity contribution in [1.29, 1.82) is 0 Å². The smallest absolute Gasteiger partial charge is 0.410 e. The fraction of sp³-hybridized carbons (Fsp3) is 0.500. The van der Waals surface area contributed by atoms with Crippen LogP contribution in [-0.2, 0) is 16.1 Å². The van der Waals surface area contributed by atoms with E-state index in [-0.39, 0.29) is 38.3 Å². The standard InChI is InChI=1S/C28H34Br2F2N2O3/c1-18-12-22(31)6-7-23(18)24(16-25(35)33(5)17-19-13-20(29)15-21(30)14-19)28(32)8-10-34(11-9-28)26(36)37-27(2,3)4/h6-7,12-15,24H,8-11,16-17H2,1-5H3. The van der Waals surface area contributed by atoms with Gasteiger partial charge in [-0.25, -0.2) is 13.6 Å². The number of hydrogen-bond acceptors (Lipinski definition) is 3. The quantitative estimate of drug-likeness (QED) is 0.327. The highest BCUT2D eigenvalue weighted by molar-refractivity contribution is 9.11. The summed E-state index contributed by atoms with van der Waals surface area (Å²) in [5.41, 5.74) is -0.247. The number of likely N-dealkylation sites (tertiary alicyclic amines) is 1. The third-order valence-electron chi connectivity index (χ3n) is 6.62. The Morgan fingerprint density at radius 3 is 2.24 bits per heavy atom. The minimum Gasteiger partial charge on any atom is -0.444 e. The molecule has 0 aliphatic carbocycles. The molecule has 0 bridgehead atoms. The number of amides is 2. The van der Waals surface area contributed by atoms with Crippen LogP contribution in [0.15, 0.2) is 45.3 Å². The van der Waals surface area contributed by atoms with Crippen molar-refractivity contribution in [2.45, 2.75) is 70.7 Å². The molecule has 0 saturated carbocycles. The molecule has 1 aliphatic rings. The molecule has 2 aromatic rings. The Morgan fingerprint density at radius 1 is 1.11 bits per heavy atom.